The molecule has 2 rings (SSSR count). The third-order valence-corrected chi connectivity index (χ3v) is 2.81. The summed E-state index contributed by atoms with van der Waals surface area (Å²) in [6.07, 6.45) is 0.499. The van der Waals surface area contributed by atoms with Crippen LogP contribution in [0.1, 0.15) is 20.7 Å². The first-order valence-corrected chi connectivity index (χ1v) is 5.72. The molecule has 20 heavy (non-hydrogen) atoms. The van der Waals surface area contributed by atoms with Crippen molar-refractivity contribution in [2.24, 2.45) is 0 Å². The summed E-state index contributed by atoms with van der Waals surface area (Å²) in [6, 6.07) is 8.03. The number of phenolic OH excluding ortho intramolecular Hbond substituents is 1. The molecule has 0 aliphatic heterocycles. The molecule has 0 radical (unpaired) electrons. The van der Waals surface area contributed by atoms with Crippen LogP contribution < -0.4 is 0 Å². The normalized spacial score (nSPS) is 10.1. The van der Waals surface area contributed by atoms with Gasteiger partial charge in [0, 0.05) is 0 Å². The van der Waals surface area contributed by atoms with Crippen molar-refractivity contribution in [3.8, 4) is 16.9 Å². The van der Waals surface area contributed by atoms with Crippen LogP contribution in [0.4, 0.5) is 4.39 Å². The molecule has 2 aromatic rings. The summed E-state index contributed by atoms with van der Waals surface area (Å²) < 4.78 is 18.1. The number of aldehydes is 1. The van der Waals surface area contributed by atoms with Gasteiger partial charge in [0.2, 0.25) is 0 Å². The number of hydrogen-bond donors (Lipinski definition) is 1. The molecule has 0 spiro atoms. The molecule has 5 heteroatoms. The molecule has 0 aromatic heterocycles. The second kappa shape index (κ2) is 5.52. The quantitative estimate of drug-likeness (QED) is 0.690. The van der Waals surface area contributed by atoms with Crippen LogP contribution in [0.25, 0.3) is 11.1 Å². The number of halogens is 1. The van der Waals surface area contributed by atoms with E-state index < -0.39 is 11.8 Å². The molecule has 0 heterocycles. The van der Waals surface area contributed by atoms with Gasteiger partial charge in [-0.3, -0.25) is 4.79 Å². The zero-order valence-corrected chi connectivity index (χ0v) is 10.6. The lowest BCUT2D eigenvalue weighted by Crippen LogP contribution is -2.02. The highest BCUT2D eigenvalue weighted by Crippen LogP contribution is 2.26. The Labute approximate surface area is 114 Å². The molecule has 0 saturated heterocycles. The van der Waals surface area contributed by atoms with Crippen molar-refractivity contribution in [2.75, 3.05) is 7.11 Å². The average molecular weight is 274 g/mol. The second-order valence-electron chi connectivity index (χ2n) is 4.11. The first-order valence-electron chi connectivity index (χ1n) is 5.72. The maximum absolute atomic E-state index is 13.5. The summed E-state index contributed by atoms with van der Waals surface area (Å²) in [5.74, 6) is -1.41. The van der Waals surface area contributed by atoms with E-state index in [0.717, 1.165) is 6.07 Å². The first-order chi connectivity index (χ1) is 9.55. The number of benzene rings is 2. The van der Waals surface area contributed by atoms with Crippen molar-refractivity contribution in [2.45, 2.75) is 0 Å². The number of ether oxygens (including phenoxy) is 1. The summed E-state index contributed by atoms with van der Waals surface area (Å²) in [7, 11) is 1.21. The van der Waals surface area contributed by atoms with Crippen molar-refractivity contribution < 1.29 is 23.8 Å². The van der Waals surface area contributed by atoms with Crippen LogP contribution >= 0.6 is 0 Å². The molecule has 0 bridgehead atoms. The fourth-order valence-electron chi connectivity index (χ4n) is 1.82. The van der Waals surface area contributed by atoms with E-state index in [1.807, 2.05) is 0 Å². The van der Waals surface area contributed by atoms with Crippen LogP contribution in [0.2, 0.25) is 0 Å². The smallest absolute Gasteiger partial charge is 0.337 e. The number of hydrogen-bond acceptors (Lipinski definition) is 4. The van der Waals surface area contributed by atoms with E-state index in [4.69, 9.17) is 0 Å². The summed E-state index contributed by atoms with van der Waals surface area (Å²) in [6.45, 7) is 0. The van der Waals surface area contributed by atoms with E-state index in [1.165, 1.54) is 37.4 Å². The molecular weight excluding hydrogens is 263 g/mol. The summed E-state index contributed by atoms with van der Waals surface area (Å²) >= 11 is 0. The van der Waals surface area contributed by atoms with Crippen LogP contribution in [0.15, 0.2) is 36.4 Å². The molecule has 0 unspecified atom stereocenters. The van der Waals surface area contributed by atoms with Crippen molar-refractivity contribution in [3.05, 3.63) is 53.3 Å². The van der Waals surface area contributed by atoms with Crippen molar-refractivity contribution >= 4 is 12.3 Å². The standard InChI is InChI=1S/C15H11FO4/c1-20-15(19)11-5-10(6-13(16)7-11)9-2-3-14(18)12(4-9)8-17/h2-8,18H,1H3. The number of rotatable bonds is 3. The molecule has 0 atom stereocenters. The van der Waals surface area contributed by atoms with Crippen LogP contribution in [-0.2, 0) is 4.74 Å². The lowest BCUT2D eigenvalue weighted by Gasteiger charge is -2.07. The zero-order valence-electron chi connectivity index (χ0n) is 10.6. The number of carbonyl (C=O) groups excluding carboxylic acids is 2. The van der Waals surface area contributed by atoms with Gasteiger partial charge in [-0.2, -0.15) is 0 Å². The predicted octanol–water partition coefficient (Wildman–Crippen LogP) is 2.80. The first kappa shape index (κ1) is 13.7. The number of aromatic hydroxyl groups is 1. The molecule has 4 nitrogen and oxygen atoms in total. The van der Waals surface area contributed by atoms with Crippen molar-refractivity contribution in [1.82, 2.24) is 0 Å². The number of esters is 1. The van der Waals surface area contributed by atoms with E-state index >= 15 is 0 Å². The Bertz CT molecular complexity index is 680. The zero-order chi connectivity index (χ0) is 14.7. The van der Waals surface area contributed by atoms with Crippen LogP contribution in [0, 0.1) is 5.82 Å². The van der Waals surface area contributed by atoms with Gasteiger partial charge >= 0.3 is 5.97 Å². The maximum atomic E-state index is 13.5. The second-order valence-corrected chi connectivity index (χ2v) is 4.11. The van der Waals surface area contributed by atoms with Gasteiger partial charge in [-0.15, -0.1) is 0 Å². The molecule has 2 aromatic carbocycles. The van der Waals surface area contributed by atoms with E-state index in [9.17, 15) is 19.1 Å². The fourth-order valence-corrected chi connectivity index (χ4v) is 1.82. The Morgan fingerprint density at radius 2 is 1.95 bits per heavy atom. The van der Waals surface area contributed by atoms with Gasteiger partial charge in [0.1, 0.15) is 11.6 Å². The lowest BCUT2D eigenvalue weighted by molar-refractivity contribution is 0.0600. The monoisotopic (exact) mass is 274 g/mol. The fraction of sp³-hybridized carbons (Fsp3) is 0.0667. The topological polar surface area (TPSA) is 63.6 Å². The molecule has 1 N–H and O–H groups in total. The summed E-state index contributed by atoms with van der Waals surface area (Å²) in [5, 5.41) is 9.44. The Morgan fingerprint density at radius 3 is 2.60 bits per heavy atom. The maximum Gasteiger partial charge on any atom is 0.337 e. The largest absolute Gasteiger partial charge is 0.507 e. The predicted molar refractivity (Wildman–Crippen MR) is 70.2 cm³/mol. The lowest BCUT2D eigenvalue weighted by atomic mass is 10.0. The van der Waals surface area contributed by atoms with E-state index in [-0.39, 0.29) is 16.9 Å². The Balaban J connectivity index is 2.55. The van der Waals surface area contributed by atoms with Crippen LogP contribution in [-0.4, -0.2) is 24.5 Å². The van der Waals surface area contributed by atoms with Gasteiger partial charge < -0.3 is 9.84 Å². The van der Waals surface area contributed by atoms with E-state index in [2.05, 4.69) is 4.74 Å². The van der Waals surface area contributed by atoms with Crippen LogP contribution in [0.5, 0.6) is 5.75 Å². The molecule has 0 amide bonds. The highest BCUT2D eigenvalue weighted by molar-refractivity contribution is 5.91. The molecule has 0 aliphatic carbocycles. The SMILES string of the molecule is COC(=O)c1cc(F)cc(-c2ccc(O)c(C=O)c2)c1. The Kier molecular flexibility index (Phi) is 3.79. The van der Waals surface area contributed by atoms with Gasteiger partial charge in [-0.1, -0.05) is 6.07 Å². The minimum Gasteiger partial charge on any atom is -0.507 e. The van der Waals surface area contributed by atoms with E-state index in [0.29, 0.717) is 17.4 Å². The molecule has 102 valence electrons. The minimum atomic E-state index is -0.653. The van der Waals surface area contributed by atoms with Gasteiger partial charge in [-0.05, 0) is 41.5 Å². The summed E-state index contributed by atoms with van der Waals surface area (Å²) in [5.41, 5.74) is 1.08. The average Bonchev–Trinajstić information content (AvgIpc) is 2.46. The van der Waals surface area contributed by atoms with Gasteiger partial charge in [0.25, 0.3) is 0 Å². The third-order valence-electron chi connectivity index (χ3n) is 2.81. The minimum absolute atomic E-state index is 0.0724. The highest BCUT2D eigenvalue weighted by atomic mass is 19.1. The molecule has 0 saturated carbocycles. The number of carbonyl (C=O) groups is 2. The highest BCUT2D eigenvalue weighted by Gasteiger charge is 2.11. The number of methoxy groups -OCH3 is 1. The Morgan fingerprint density at radius 1 is 1.20 bits per heavy atom. The Hall–Kier alpha value is -2.69. The van der Waals surface area contributed by atoms with Gasteiger partial charge in [-0.25, -0.2) is 9.18 Å². The summed E-state index contributed by atoms with van der Waals surface area (Å²) in [4.78, 5) is 22.2. The van der Waals surface area contributed by atoms with Gasteiger partial charge in [0.05, 0.1) is 18.2 Å². The van der Waals surface area contributed by atoms with E-state index in [1.54, 1.807) is 0 Å². The van der Waals surface area contributed by atoms with Crippen LogP contribution in [0.3, 0.4) is 0 Å². The molecule has 0 aliphatic rings. The van der Waals surface area contributed by atoms with Crippen molar-refractivity contribution in [3.63, 3.8) is 0 Å². The van der Waals surface area contributed by atoms with Crippen molar-refractivity contribution in [1.29, 1.82) is 0 Å². The third kappa shape index (κ3) is 2.66. The van der Waals surface area contributed by atoms with Gasteiger partial charge in [0.15, 0.2) is 6.29 Å². The molecular formula is C15H11FO4. The number of phenols is 1. The molecule has 0 fully saturated rings.